The lowest BCUT2D eigenvalue weighted by Crippen LogP contribution is -2.34. The van der Waals surface area contributed by atoms with E-state index in [9.17, 15) is 13.2 Å². The second-order valence-electron chi connectivity index (χ2n) is 4.29. The minimum Gasteiger partial charge on any atom is -0.481 e. The summed E-state index contributed by atoms with van der Waals surface area (Å²) >= 11 is 0. The molecule has 18 heavy (non-hydrogen) atoms. The van der Waals surface area contributed by atoms with Gasteiger partial charge in [-0.1, -0.05) is 25.1 Å². The number of aryl methyl sites for hydroxylation is 1. The van der Waals surface area contributed by atoms with Gasteiger partial charge >= 0.3 is 5.97 Å². The van der Waals surface area contributed by atoms with Crippen LogP contribution in [0.15, 0.2) is 29.2 Å². The van der Waals surface area contributed by atoms with Crippen LogP contribution in [-0.4, -0.2) is 37.4 Å². The van der Waals surface area contributed by atoms with Crippen molar-refractivity contribution in [2.75, 3.05) is 13.6 Å². The van der Waals surface area contributed by atoms with Gasteiger partial charge in [-0.15, -0.1) is 0 Å². The van der Waals surface area contributed by atoms with Crippen LogP contribution in [0.5, 0.6) is 0 Å². The van der Waals surface area contributed by atoms with Crippen molar-refractivity contribution in [1.29, 1.82) is 0 Å². The maximum absolute atomic E-state index is 12.2. The molecule has 0 spiro atoms. The molecular formula is C12H17NO4S. The Morgan fingerprint density at radius 1 is 1.39 bits per heavy atom. The highest BCUT2D eigenvalue weighted by Gasteiger charge is 2.25. The molecule has 1 unspecified atom stereocenters. The molecule has 0 heterocycles. The summed E-state index contributed by atoms with van der Waals surface area (Å²) in [6, 6.07) is 6.64. The van der Waals surface area contributed by atoms with E-state index >= 15 is 0 Å². The van der Waals surface area contributed by atoms with Crippen molar-refractivity contribution in [2.24, 2.45) is 5.92 Å². The number of nitrogens with zero attached hydrogens (tertiary/aromatic N) is 1. The van der Waals surface area contributed by atoms with Gasteiger partial charge in [-0.25, -0.2) is 12.7 Å². The Morgan fingerprint density at radius 3 is 2.44 bits per heavy atom. The summed E-state index contributed by atoms with van der Waals surface area (Å²) < 4.78 is 25.6. The average molecular weight is 271 g/mol. The molecule has 0 bridgehead atoms. The molecule has 1 rings (SSSR count). The summed E-state index contributed by atoms with van der Waals surface area (Å²) in [6.45, 7) is 3.14. The Hall–Kier alpha value is -1.40. The smallest absolute Gasteiger partial charge is 0.307 e. The third-order valence-electron chi connectivity index (χ3n) is 2.73. The molecule has 0 amide bonds. The maximum atomic E-state index is 12.2. The Labute approximate surface area is 107 Å². The van der Waals surface area contributed by atoms with Gasteiger partial charge < -0.3 is 5.11 Å². The zero-order chi connectivity index (χ0) is 13.9. The number of aliphatic carboxylic acids is 1. The van der Waals surface area contributed by atoms with E-state index in [-0.39, 0.29) is 11.4 Å². The maximum Gasteiger partial charge on any atom is 0.307 e. The normalized spacial score (nSPS) is 13.6. The number of carboxylic acids is 1. The first-order valence-electron chi connectivity index (χ1n) is 5.51. The molecule has 1 aromatic rings. The van der Waals surface area contributed by atoms with Gasteiger partial charge in [0.25, 0.3) is 0 Å². The minimum atomic E-state index is -3.63. The predicted molar refractivity (Wildman–Crippen MR) is 67.8 cm³/mol. The van der Waals surface area contributed by atoms with Crippen molar-refractivity contribution in [3.05, 3.63) is 29.8 Å². The van der Waals surface area contributed by atoms with Crippen molar-refractivity contribution in [2.45, 2.75) is 18.7 Å². The van der Waals surface area contributed by atoms with Crippen LogP contribution in [0.1, 0.15) is 12.5 Å². The van der Waals surface area contributed by atoms with Crippen LogP contribution in [0.25, 0.3) is 0 Å². The van der Waals surface area contributed by atoms with E-state index in [1.165, 1.54) is 20.0 Å². The summed E-state index contributed by atoms with van der Waals surface area (Å²) in [4.78, 5) is 11.0. The van der Waals surface area contributed by atoms with E-state index in [2.05, 4.69) is 0 Å². The molecule has 1 atom stereocenters. The van der Waals surface area contributed by atoms with Gasteiger partial charge in [-0.05, 0) is 18.6 Å². The number of sulfonamides is 1. The molecule has 1 N–H and O–H groups in total. The van der Waals surface area contributed by atoms with Crippen LogP contribution in [0.3, 0.4) is 0 Å². The van der Waals surface area contributed by atoms with E-state index in [4.69, 9.17) is 5.11 Å². The highest BCUT2D eigenvalue weighted by Crippen LogP contribution is 2.19. The first-order valence-corrected chi connectivity index (χ1v) is 6.95. The Morgan fingerprint density at radius 2 is 1.94 bits per heavy atom. The standard InChI is InChI=1S/C12H17NO4S/c1-9-6-4-5-7-11(9)18(16,17)13(3)8-10(2)12(14)15/h4-7,10H,8H2,1-3H3,(H,14,15). The molecule has 0 fully saturated rings. The van der Waals surface area contributed by atoms with E-state index < -0.39 is 21.9 Å². The highest BCUT2D eigenvalue weighted by atomic mass is 32.2. The third kappa shape index (κ3) is 3.08. The number of carboxylic acid groups (broad SMARTS) is 1. The summed E-state index contributed by atoms with van der Waals surface area (Å²) in [5.41, 5.74) is 0.646. The quantitative estimate of drug-likeness (QED) is 0.877. The summed E-state index contributed by atoms with van der Waals surface area (Å²) in [6.07, 6.45) is 0. The van der Waals surface area contributed by atoms with Gasteiger partial charge in [0.1, 0.15) is 0 Å². The highest BCUT2D eigenvalue weighted by molar-refractivity contribution is 7.89. The van der Waals surface area contributed by atoms with Crippen molar-refractivity contribution >= 4 is 16.0 Å². The summed E-state index contributed by atoms with van der Waals surface area (Å²) in [5.74, 6) is -1.75. The number of hydrogen-bond donors (Lipinski definition) is 1. The molecule has 0 saturated heterocycles. The first kappa shape index (κ1) is 14.7. The summed E-state index contributed by atoms with van der Waals surface area (Å²) in [5, 5.41) is 8.80. The lowest BCUT2D eigenvalue weighted by atomic mass is 10.2. The van der Waals surface area contributed by atoms with Crippen molar-refractivity contribution in [1.82, 2.24) is 4.31 Å². The zero-order valence-electron chi connectivity index (χ0n) is 10.6. The van der Waals surface area contributed by atoms with E-state index in [0.717, 1.165) is 4.31 Å². The van der Waals surface area contributed by atoms with Crippen molar-refractivity contribution in [3.63, 3.8) is 0 Å². The van der Waals surface area contributed by atoms with Gasteiger partial charge in [0.2, 0.25) is 10.0 Å². The van der Waals surface area contributed by atoms with Crippen molar-refractivity contribution in [3.8, 4) is 0 Å². The Bertz CT molecular complexity index is 539. The van der Waals surface area contributed by atoms with E-state index in [0.29, 0.717) is 5.56 Å². The van der Waals surface area contributed by atoms with Gasteiger partial charge in [0.05, 0.1) is 10.8 Å². The average Bonchev–Trinajstić information content (AvgIpc) is 2.28. The molecule has 0 saturated carbocycles. The molecule has 0 aromatic heterocycles. The number of hydrogen-bond acceptors (Lipinski definition) is 3. The lowest BCUT2D eigenvalue weighted by Gasteiger charge is -2.20. The molecule has 100 valence electrons. The number of carbonyl (C=O) groups is 1. The third-order valence-corrected chi connectivity index (χ3v) is 4.72. The van der Waals surface area contributed by atoms with E-state index in [1.54, 1.807) is 25.1 Å². The molecule has 0 aliphatic rings. The van der Waals surface area contributed by atoms with Gasteiger partial charge in [-0.3, -0.25) is 4.79 Å². The number of benzene rings is 1. The fraction of sp³-hybridized carbons (Fsp3) is 0.417. The first-order chi connectivity index (χ1) is 8.26. The molecule has 0 aliphatic carbocycles. The van der Waals surface area contributed by atoms with Gasteiger partial charge in [0.15, 0.2) is 0 Å². The Balaban J connectivity index is 3.01. The van der Waals surface area contributed by atoms with E-state index in [1.807, 2.05) is 0 Å². The lowest BCUT2D eigenvalue weighted by molar-refractivity contribution is -0.141. The van der Waals surface area contributed by atoms with Gasteiger partial charge in [-0.2, -0.15) is 0 Å². The largest absolute Gasteiger partial charge is 0.481 e. The molecule has 5 nitrogen and oxygen atoms in total. The molecular weight excluding hydrogens is 254 g/mol. The fourth-order valence-electron chi connectivity index (χ4n) is 1.58. The topological polar surface area (TPSA) is 74.7 Å². The molecule has 0 aliphatic heterocycles. The predicted octanol–water partition coefficient (Wildman–Crippen LogP) is 1.34. The van der Waals surface area contributed by atoms with Crippen LogP contribution in [0, 0.1) is 12.8 Å². The van der Waals surface area contributed by atoms with Crippen LogP contribution in [0.2, 0.25) is 0 Å². The molecule has 6 heteroatoms. The van der Waals surface area contributed by atoms with Crippen molar-refractivity contribution < 1.29 is 18.3 Å². The minimum absolute atomic E-state index is 0.0496. The van der Waals surface area contributed by atoms with Crippen LogP contribution < -0.4 is 0 Å². The number of rotatable bonds is 5. The molecule has 0 radical (unpaired) electrons. The Kier molecular flexibility index (Phi) is 4.48. The molecule has 1 aromatic carbocycles. The SMILES string of the molecule is Cc1ccccc1S(=O)(=O)N(C)CC(C)C(=O)O. The van der Waals surface area contributed by atoms with Crippen LogP contribution in [-0.2, 0) is 14.8 Å². The second-order valence-corrected chi connectivity index (χ2v) is 6.30. The monoisotopic (exact) mass is 271 g/mol. The summed E-state index contributed by atoms with van der Waals surface area (Å²) in [7, 11) is -2.24. The zero-order valence-corrected chi connectivity index (χ0v) is 11.4. The second kappa shape index (κ2) is 5.49. The van der Waals surface area contributed by atoms with Crippen LogP contribution in [0.4, 0.5) is 0 Å². The van der Waals surface area contributed by atoms with Crippen LogP contribution >= 0.6 is 0 Å². The fourth-order valence-corrected chi connectivity index (χ4v) is 3.06. The van der Waals surface area contributed by atoms with Gasteiger partial charge in [0, 0.05) is 13.6 Å².